The Morgan fingerprint density at radius 1 is 0.183 bits per heavy atom. The van der Waals surface area contributed by atoms with E-state index in [1.807, 2.05) is 94.1 Å². The summed E-state index contributed by atoms with van der Waals surface area (Å²) in [4.78, 5) is 51.4. The summed E-state index contributed by atoms with van der Waals surface area (Å²) in [6.07, 6.45) is 0. The zero-order chi connectivity index (χ0) is 69.4. The van der Waals surface area contributed by atoms with Crippen molar-refractivity contribution in [2.45, 2.75) is 85.2 Å². The van der Waals surface area contributed by atoms with Gasteiger partial charge in [0.15, 0.2) is 23.3 Å². The lowest BCUT2D eigenvalue weighted by molar-refractivity contribution is 1.19. The number of nitrogens with zero attached hydrogens (tertiary/aromatic N) is 6. The molecule has 16 heteroatoms. The predicted octanol–water partition coefficient (Wildman–Crippen LogP) is 25.2. The standard InChI is InChI=1S/C88H66N8S8/c1-9-25-57(26-10-1)49-97-73-41-65-66(42-74(73)98-50-58-27-11-2-12-28-58)82-89-81(65)93-83-67-43-75(99-51-59-29-13-3-14-30-59)76(100-52-60-31-15-4-16-32-60)44-68(67)85(90-83)95-87-71-47-79(103-55-63-37-21-7-22-38-63)80(104-56-64-39-23-8-24-40-64)48-72(71)88(92-87)96-86-70-46-78(102-54-62-35-19-6-20-36-62)77(45-69(70)84(91-86)94-82)101-53-61-33-17-5-18-34-61/h1-48H,49-56H2,(H2,89,90,91,92,93,94,95,96). The number of hydrogen-bond acceptors (Lipinski definition) is 14. The lowest BCUT2D eigenvalue weighted by Crippen LogP contribution is -1.90. The van der Waals surface area contributed by atoms with Crippen molar-refractivity contribution in [1.29, 1.82) is 0 Å². The summed E-state index contributed by atoms with van der Waals surface area (Å²) in [6.45, 7) is 0. The SMILES string of the molecule is c1ccc(CSc2cc3c(cc2SCc2ccccc2)-c2nc-3nc3[nH]c(nc4nc(nc5[nH]c(n2)c2cc(SCc6ccccc6)c(SCc6ccccc6)cc52)-c2cc(SCc5ccccc5)c(SCc5ccccc5)cc2-4)c2cc(SCc4ccccc4)c(SCc4ccccc4)cc32)cc1. The molecule has 8 bridgehead atoms. The molecule has 0 radical (unpaired) electrons. The van der Waals surface area contributed by atoms with Gasteiger partial charge in [-0.1, -0.05) is 243 Å². The maximum atomic E-state index is 5.78. The number of aromatic nitrogens is 8. The van der Waals surface area contributed by atoms with Crippen LogP contribution in [-0.2, 0) is 46.0 Å². The fourth-order valence-corrected chi connectivity index (χ4v) is 21.4. The van der Waals surface area contributed by atoms with Crippen LogP contribution in [0.2, 0.25) is 0 Å². The summed E-state index contributed by atoms with van der Waals surface area (Å²) in [5, 5.41) is 3.71. The minimum absolute atomic E-state index is 0.557. The minimum atomic E-state index is 0.557. The Morgan fingerprint density at radius 2 is 0.337 bits per heavy atom. The van der Waals surface area contributed by atoms with Gasteiger partial charge in [-0.15, -0.1) is 94.1 Å². The molecule has 0 amide bonds. The van der Waals surface area contributed by atoms with Crippen LogP contribution in [0.4, 0.5) is 0 Å². The van der Waals surface area contributed by atoms with Gasteiger partial charge in [0.1, 0.15) is 22.6 Å². The fraction of sp³-hybridized carbons (Fsp3) is 0.0909. The summed E-state index contributed by atoms with van der Waals surface area (Å²) in [7, 11) is 0. The predicted molar refractivity (Wildman–Crippen MR) is 444 cm³/mol. The van der Waals surface area contributed by atoms with E-state index in [1.54, 1.807) is 0 Å². The van der Waals surface area contributed by atoms with Crippen molar-refractivity contribution >= 4 is 138 Å². The van der Waals surface area contributed by atoms with Gasteiger partial charge in [0.05, 0.1) is 0 Å². The molecule has 3 aromatic heterocycles. The second-order valence-corrected chi connectivity index (χ2v) is 33.3. The van der Waals surface area contributed by atoms with E-state index in [2.05, 4.69) is 301 Å². The van der Waals surface area contributed by atoms with Gasteiger partial charge in [0.25, 0.3) is 0 Å². The Morgan fingerprint density at radius 3 is 0.500 bits per heavy atom. The van der Waals surface area contributed by atoms with Crippen molar-refractivity contribution < 1.29 is 0 Å². The molecule has 2 aliphatic rings. The molecule has 2 aliphatic heterocycles. The smallest absolute Gasteiger partial charge is 0.164 e. The molecule has 0 aliphatic carbocycles. The number of hydrogen-bond donors (Lipinski definition) is 2. The maximum Gasteiger partial charge on any atom is 0.164 e. The number of rotatable bonds is 24. The van der Waals surface area contributed by atoms with Crippen LogP contribution in [0.25, 0.3) is 89.7 Å². The quantitative estimate of drug-likeness (QED) is 0.0560. The van der Waals surface area contributed by atoms with Crippen LogP contribution >= 0.6 is 94.1 Å². The van der Waals surface area contributed by atoms with Crippen LogP contribution in [0.3, 0.4) is 0 Å². The fourth-order valence-electron chi connectivity index (χ4n) is 12.6. The second kappa shape index (κ2) is 32.0. The van der Waals surface area contributed by atoms with E-state index < -0.39 is 0 Å². The van der Waals surface area contributed by atoms with Crippen molar-refractivity contribution in [1.82, 2.24) is 39.9 Å². The highest BCUT2D eigenvalue weighted by Gasteiger charge is 2.28. The number of benzene rings is 12. The molecule has 5 heterocycles. The summed E-state index contributed by atoms with van der Waals surface area (Å²) in [5.74, 6) is 8.52. The highest BCUT2D eigenvalue weighted by Crippen LogP contribution is 2.48. The molecule has 0 spiro atoms. The van der Waals surface area contributed by atoms with Gasteiger partial charge in [-0.2, -0.15) is 0 Å². The lowest BCUT2D eigenvalue weighted by Gasteiger charge is -2.12. The normalized spacial score (nSPS) is 11.7. The highest BCUT2D eigenvalue weighted by molar-refractivity contribution is 8.03. The average Bonchev–Trinajstić information content (AvgIpc) is 1.59. The number of fused-ring (bicyclic) bond motifs is 20. The minimum Gasteiger partial charge on any atom is -0.324 e. The molecular weight excluding hydrogens is 1430 g/mol. The van der Waals surface area contributed by atoms with E-state index in [0.29, 0.717) is 45.9 Å². The van der Waals surface area contributed by atoms with Gasteiger partial charge in [-0.3, -0.25) is 0 Å². The Labute approximate surface area is 638 Å². The monoisotopic (exact) mass is 1490 g/mol. The first-order valence-corrected chi connectivity index (χ1v) is 42.2. The second-order valence-electron chi connectivity index (χ2n) is 25.2. The molecule has 17 rings (SSSR count). The van der Waals surface area contributed by atoms with Gasteiger partial charge in [-0.05, 0) is 93.0 Å². The first-order valence-electron chi connectivity index (χ1n) is 34.4. The number of nitrogens with one attached hydrogen (secondary N) is 2. The third-order valence-electron chi connectivity index (χ3n) is 18.0. The zero-order valence-corrected chi connectivity index (χ0v) is 62.9. The molecule has 15 aromatic rings. The Hall–Kier alpha value is -9.20. The summed E-state index contributed by atoms with van der Waals surface area (Å²) >= 11 is 14.7. The molecule has 0 atom stereocenters. The molecular formula is C88H66N8S8. The third-order valence-corrected chi connectivity index (χ3v) is 27.5. The van der Waals surface area contributed by atoms with Crippen LogP contribution in [0.15, 0.2) is 330 Å². The maximum absolute atomic E-state index is 5.78. The van der Waals surface area contributed by atoms with Gasteiger partial charge >= 0.3 is 0 Å². The van der Waals surface area contributed by atoms with Crippen molar-refractivity contribution in [3.63, 3.8) is 0 Å². The van der Waals surface area contributed by atoms with E-state index in [1.165, 1.54) is 44.5 Å². The average molecular weight is 1490 g/mol. The van der Waals surface area contributed by atoms with Crippen molar-refractivity contribution in [3.8, 4) is 45.6 Å². The first kappa shape index (κ1) is 67.9. The summed E-state index contributed by atoms with van der Waals surface area (Å²) in [5.41, 5.74) is 16.2. The molecule has 0 fully saturated rings. The lowest BCUT2D eigenvalue weighted by atomic mass is 10.1. The van der Waals surface area contributed by atoms with Gasteiger partial charge in [0.2, 0.25) is 0 Å². The summed E-state index contributed by atoms with van der Waals surface area (Å²) in [6, 6.07) is 104. The molecule has 104 heavy (non-hydrogen) atoms. The first-order chi connectivity index (χ1) is 51.5. The molecule has 12 aromatic carbocycles. The van der Waals surface area contributed by atoms with Crippen LogP contribution in [-0.4, -0.2) is 39.9 Å². The Balaban J connectivity index is 0.939. The van der Waals surface area contributed by atoms with Crippen molar-refractivity contribution in [2.24, 2.45) is 0 Å². The van der Waals surface area contributed by atoms with Crippen molar-refractivity contribution in [3.05, 3.63) is 336 Å². The van der Waals surface area contributed by atoms with E-state index in [9.17, 15) is 0 Å². The Bertz CT molecular complexity index is 5040. The molecule has 0 saturated heterocycles. The third kappa shape index (κ3) is 15.8. The van der Waals surface area contributed by atoms with Gasteiger partial charge < -0.3 is 9.97 Å². The molecule has 0 unspecified atom stereocenters. The highest BCUT2D eigenvalue weighted by atomic mass is 32.2. The van der Waals surface area contributed by atoms with Gasteiger partial charge in [-0.25, -0.2) is 29.9 Å². The zero-order valence-electron chi connectivity index (χ0n) is 56.3. The Kier molecular flexibility index (Phi) is 20.9. The van der Waals surface area contributed by atoms with Crippen LogP contribution in [0, 0.1) is 0 Å². The van der Waals surface area contributed by atoms with Gasteiger partial charge in [0, 0.05) is 129 Å². The van der Waals surface area contributed by atoms with E-state index in [-0.39, 0.29) is 0 Å². The summed E-state index contributed by atoms with van der Waals surface area (Å²) < 4.78 is 0. The number of aromatic amines is 2. The molecule has 0 saturated carbocycles. The van der Waals surface area contributed by atoms with Crippen LogP contribution in [0.1, 0.15) is 44.5 Å². The van der Waals surface area contributed by atoms with E-state index in [4.69, 9.17) is 29.9 Å². The van der Waals surface area contributed by atoms with E-state index >= 15 is 0 Å². The molecule has 506 valence electrons. The topological polar surface area (TPSA) is 109 Å². The van der Waals surface area contributed by atoms with E-state index in [0.717, 1.165) is 129 Å². The number of thioether (sulfide) groups is 8. The molecule has 8 nitrogen and oxygen atoms in total. The van der Waals surface area contributed by atoms with Crippen LogP contribution < -0.4 is 0 Å². The number of H-pyrrole nitrogens is 2. The van der Waals surface area contributed by atoms with Crippen LogP contribution in [0.5, 0.6) is 0 Å². The largest absolute Gasteiger partial charge is 0.324 e. The van der Waals surface area contributed by atoms with Crippen molar-refractivity contribution in [2.75, 3.05) is 0 Å². The molecule has 2 N–H and O–H groups in total.